The van der Waals surface area contributed by atoms with Gasteiger partial charge in [0, 0.05) is 49.7 Å². The molecule has 0 fully saturated rings. The smallest absolute Gasteiger partial charge is 0.135 e. The zero-order valence-electron chi connectivity index (χ0n) is 34.6. The predicted molar refractivity (Wildman–Crippen MR) is 261 cm³/mol. The van der Waals surface area contributed by atoms with Crippen molar-refractivity contribution in [3.05, 3.63) is 230 Å². The molecule has 0 saturated carbocycles. The fourth-order valence-electron chi connectivity index (χ4n) is 9.97. The number of anilines is 6. The first-order valence-corrected chi connectivity index (χ1v) is 21.4. The number of nitrogens with zero attached hydrogens (tertiary/aromatic N) is 2. The molecule has 0 bridgehead atoms. The quantitative estimate of drug-likeness (QED) is 0.160. The van der Waals surface area contributed by atoms with Gasteiger partial charge in [0.15, 0.2) is 0 Å². The van der Waals surface area contributed by atoms with Crippen molar-refractivity contribution in [3.8, 4) is 22.3 Å². The second-order valence-corrected chi connectivity index (χ2v) is 16.9. The normalized spacial score (nSPS) is 12.8. The molecule has 3 nitrogen and oxygen atoms in total. The van der Waals surface area contributed by atoms with Crippen LogP contribution < -0.4 is 9.80 Å². The summed E-state index contributed by atoms with van der Waals surface area (Å²) in [7, 11) is 0. The van der Waals surface area contributed by atoms with Crippen molar-refractivity contribution in [2.24, 2.45) is 0 Å². The van der Waals surface area contributed by atoms with Crippen LogP contribution in [0.3, 0.4) is 0 Å². The third-order valence-corrected chi connectivity index (χ3v) is 13.0. The highest BCUT2D eigenvalue weighted by atomic mass is 16.3. The summed E-state index contributed by atoms with van der Waals surface area (Å²) in [6, 6.07) is 79.2. The topological polar surface area (TPSA) is 19.6 Å². The van der Waals surface area contributed by atoms with Crippen molar-refractivity contribution in [2.45, 2.75) is 19.3 Å². The molecule has 294 valence electrons. The highest BCUT2D eigenvalue weighted by Crippen LogP contribution is 2.51. The summed E-state index contributed by atoms with van der Waals surface area (Å²) in [4.78, 5) is 4.79. The van der Waals surface area contributed by atoms with E-state index in [0.29, 0.717) is 0 Å². The summed E-state index contributed by atoms with van der Waals surface area (Å²) in [5.74, 6) is 0. The van der Waals surface area contributed by atoms with Crippen molar-refractivity contribution >= 4 is 77.6 Å². The van der Waals surface area contributed by atoms with Gasteiger partial charge in [0.2, 0.25) is 0 Å². The molecule has 0 N–H and O–H groups in total. The van der Waals surface area contributed by atoms with Crippen LogP contribution in [0, 0.1) is 0 Å². The number of furan rings is 1. The number of fused-ring (bicyclic) bond motifs is 8. The molecule has 1 aromatic heterocycles. The Bertz CT molecular complexity index is 3490. The molecule has 0 saturated heterocycles. The third-order valence-electron chi connectivity index (χ3n) is 13.0. The molecular weight excluding hydrogens is 753 g/mol. The maximum atomic E-state index is 6.24. The number of para-hydroxylation sites is 1. The molecule has 1 aliphatic rings. The van der Waals surface area contributed by atoms with E-state index >= 15 is 0 Å². The summed E-state index contributed by atoms with van der Waals surface area (Å²) < 4.78 is 6.24. The van der Waals surface area contributed by atoms with Crippen LogP contribution >= 0.6 is 0 Å². The minimum absolute atomic E-state index is 0.0554. The lowest BCUT2D eigenvalue weighted by Crippen LogP contribution is -2.15. The van der Waals surface area contributed by atoms with Crippen LogP contribution in [0.15, 0.2) is 223 Å². The maximum absolute atomic E-state index is 6.24. The van der Waals surface area contributed by atoms with Crippen LogP contribution in [-0.2, 0) is 5.41 Å². The Labute approximate surface area is 361 Å². The van der Waals surface area contributed by atoms with E-state index in [2.05, 4.69) is 230 Å². The fourth-order valence-corrected chi connectivity index (χ4v) is 9.97. The molecule has 0 aliphatic heterocycles. The van der Waals surface area contributed by atoms with Crippen molar-refractivity contribution in [1.29, 1.82) is 0 Å². The van der Waals surface area contributed by atoms with Gasteiger partial charge < -0.3 is 14.2 Å². The Morgan fingerprint density at radius 3 is 1.45 bits per heavy atom. The molecule has 3 heteroatoms. The highest BCUT2D eigenvalue weighted by Gasteiger charge is 2.35. The molecule has 0 atom stereocenters. The van der Waals surface area contributed by atoms with Crippen LogP contribution in [-0.4, -0.2) is 0 Å². The van der Waals surface area contributed by atoms with Crippen molar-refractivity contribution < 1.29 is 4.42 Å². The summed E-state index contributed by atoms with van der Waals surface area (Å²) in [6.07, 6.45) is 0. The van der Waals surface area contributed by atoms with Gasteiger partial charge in [-0.3, -0.25) is 0 Å². The monoisotopic (exact) mass is 794 g/mol. The number of rotatable bonds is 7. The Morgan fingerprint density at radius 2 is 0.806 bits per heavy atom. The van der Waals surface area contributed by atoms with E-state index in [1.54, 1.807) is 0 Å². The van der Waals surface area contributed by atoms with Gasteiger partial charge in [-0.2, -0.15) is 0 Å². The van der Waals surface area contributed by atoms with Gasteiger partial charge in [-0.15, -0.1) is 0 Å². The first kappa shape index (κ1) is 36.0. The van der Waals surface area contributed by atoms with E-state index in [4.69, 9.17) is 4.42 Å². The van der Waals surface area contributed by atoms with Crippen molar-refractivity contribution in [3.63, 3.8) is 0 Å². The summed E-state index contributed by atoms with van der Waals surface area (Å²) in [5, 5.41) is 7.05. The van der Waals surface area contributed by atoms with Crippen molar-refractivity contribution in [1.82, 2.24) is 0 Å². The van der Waals surface area contributed by atoms with Gasteiger partial charge in [-0.1, -0.05) is 159 Å². The molecule has 10 aromatic carbocycles. The average Bonchev–Trinajstić information content (AvgIpc) is 3.81. The van der Waals surface area contributed by atoms with Gasteiger partial charge in [-0.05, 0) is 117 Å². The van der Waals surface area contributed by atoms with Crippen molar-refractivity contribution in [2.75, 3.05) is 9.80 Å². The average molecular weight is 795 g/mol. The van der Waals surface area contributed by atoms with Crippen LogP contribution in [0.4, 0.5) is 34.1 Å². The van der Waals surface area contributed by atoms with E-state index in [1.165, 1.54) is 43.8 Å². The van der Waals surface area contributed by atoms with Crippen LogP contribution in [0.25, 0.3) is 65.7 Å². The van der Waals surface area contributed by atoms with Crippen LogP contribution in [0.5, 0.6) is 0 Å². The van der Waals surface area contributed by atoms with Gasteiger partial charge in [0.25, 0.3) is 0 Å². The maximum Gasteiger partial charge on any atom is 0.135 e. The Hall–Kier alpha value is -7.88. The standard InChI is InChI=1S/C59H42N2O/c1-59(2)53-21-9-7-19-49(53)51-37-45(33-35-54(51)59)60(55-22-11-15-41-13-3-5-17-47(41)55)43-29-25-39(26-30-43)40-27-31-44(32-28-40)61(56-23-12-16-42-14-4-6-18-48(42)56)46-34-36-58-52(38-46)50-20-8-10-24-57(50)62-58/h3-38H,1-2H3. The van der Waals surface area contributed by atoms with Crippen LogP contribution in [0.2, 0.25) is 0 Å². The number of benzene rings is 10. The molecular formula is C59H42N2O. The molecule has 0 amide bonds. The van der Waals surface area contributed by atoms with E-state index in [9.17, 15) is 0 Å². The van der Waals surface area contributed by atoms with E-state index in [-0.39, 0.29) is 5.41 Å². The molecule has 62 heavy (non-hydrogen) atoms. The second-order valence-electron chi connectivity index (χ2n) is 16.9. The van der Waals surface area contributed by atoms with Gasteiger partial charge in [0.05, 0.1) is 11.4 Å². The number of hydrogen-bond acceptors (Lipinski definition) is 3. The molecule has 1 heterocycles. The molecule has 0 radical (unpaired) electrons. The van der Waals surface area contributed by atoms with Gasteiger partial charge in [-0.25, -0.2) is 0 Å². The Balaban J connectivity index is 0.944. The van der Waals surface area contributed by atoms with E-state index in [0.717, 1.165) is 67.2 Å². The lowest BCUT2D eigenvalue weighted by molar-refractivity contribution is 0.660. The third kappa shape index (κ3) is 5.73. The Morgan fingerprint density at radius 1 is 0.339 bits per heavy atom. The first-order chi connectivity index (χ1) is 30.5. The first-order valence-electron chi connectivity index (χ1n) is 21.4. The lowest BCUT2D eigenvalue weighted by atomic mass is 9.82. The summed E-state index contributed by atoms with van der Waals surface area (Å²) >= 11 is 0. The highest BCUT2D eigenvalue weighted by molar-refractivity contribution is 6.08. The SMILES string of the molecule is CC1(C)c2ccccc2-c2cc(N(c3ccc(-c4ccc(N(c5ccc6oc7ccccc7c6c5)c5cccc6ccccc56)cc4)cc3)c3cccc4ccccc34)ccc21. The second kappa shape index (κ2) is 14.1. The largest absolute Gasteiger partial charge is 0.456 e. The summed E-state index contributed by atoms with van der Waals surface area (Å²) in [5.41, 5.74) is 16.1. The minimum Gasteiger partial charge on any atom is -0.456 e. The van der Waals surface area contributed by atoms with Crippen LogP contribution in [0.1, 0.15) is 25.0 Å². The lowest BCUT2D eigenvalue weighted by Gasteiger charge is -2.28. The van der Waals surface area contributed by atoms with Gasteiger partial charge in [0.1, 0.15) is 11.2 Å². The fraction of sp³-hybridized carbons (Fsp3) is 0.0508. The zero-order chi connectivity index (χ0) is 41.4. The zero-order valence-corrected chi connectivity index (χ0v) is 34.6. The summed E-state index contributed by atoms with van der Waals surface area (Å²) in [6.45, 7) is 4.68. The molecule has 12 rings (SSSR count). The molecule has 0 unspecified atom stereocenters. The number of hydrogen-bond donors (Lipinski definition) is 0. The van der Waals surface area contributed by atoms with E-state index < -0.39 is 0 Å². The molecule has 11 aromatic rings. The minimum atomic E-state index is -0.0554. The Kier molecular flexibility index (Phi) is 8.20. The predicted octanol–water partition coefficient (Wildman–Crippen LogP) is 16.8. The molecule has 1 aliphatic carbocycles. The van der Waals surface area contributed by atoms with E-state index in [1.807, 2.05) is 12.1 Å². The molecule has 0 spiro atoms. The van der Waals surface area contributed by atoms with Gasteiger partial charge >= 0.3 is 0 Å².